The predicted molar refractivity (Wildman–Crippen MR) is 41.3 cm³/mol. The smallest absolute Gasteiger partial charge is 0.0999 e. The zero-order valence-corrected chi connectivity index (χ0v) is 7.52. The van der Waals surface area contributed by atoms with Gasteiger partial charge in [0, 0.05) is 10.7 Å². The molecule has 0 amide bonds. The molecular formula is C6H2BrClNO2-. The lowest BCUT2D eigenvalue weighted by Crippen LogP contribution is -2.23. The molecule has 58 valence electrons. The molecule has 0 saturated carbocycles. The van der Waals surface area contributed by atoms with Gasteiger partial charge in [0.2, 0.25) is 0 Å². The Morgan fingerprint density at radius 2 is 2.36 bits per heavy atom. The predicted octanol–water partition coefficient (Wildman–Crippen LogP) is 0.861. The van der Waals surface area contributed by atoms with Gasteiger partial charge < -0.3 is 9.90 Å². The zero-order chi connectivity index (χ0) is 8.43. The average Bonchev–Trinajstić information content (AvgIpc) is 1.85. The molecule has 1 aromatic heterocycles. The first-order valence-electron chi connectivity index (χ1n) is 2.63. The van der Waals surface area contributed by atoms with Crippen molar-refractivity contribution in [2.45, 2.75) is 0 Å². The van der Waals surface area contributed by atoms with Crippen molar-refractivity contribution in [3.63, 3.8) is 0 Å². The highest BCUT2D eigenvalue weighted by Gasteiger charge is 2.01. The van der Waals surface area contributed by atoms with Crippen LogP contribution < -0.4 is 5.11 Å². The standard InChI is InChI=1S/C6H3BrClNO2/c7-4-1-3(8)2-9-5(4)6(10)11/h1-2H,(H,10,11)/p-1. The van der Waals surface area contributed by atoms with Crippen LogP contribution in [-0.4, -0.2) is 11.0 Å². The van der Waals surface area contributed by atoms with Crippen molar-refractivity contribution in [2.75, 3.05) is 0 Å². The molecule has 3 nitrogen and oxygen atoms in total. The normalized spacial score (nSPS) is 9.64. The van der Waals surface area contributed by atoms with Crippen LogP contribution in [0.5, 0.6) is 0 Å². The topological polar surface area (TPSA) is 53.0 Å². The van der Waals surface area contributed by atoms with Gasteiger partial charge in [-0.05, 0) is 22.0 Å². The van der Waals surface area contributed by atoms with Crippen molar-refractivity contribution >= 4 is 33.5 Å². The SMILES string of the molecule is O=C([O-])c1ncc(Cl)cc1Br. The summed E-state index contributed by atoms with van der Waals surface area (Å²) < 4.78 is 0.324. The quantitative estimate of drug-likeness (QED) is 0.725. The summed E-state index contributed by atoms with van der Waals surface area (Å²) in [6.45, 7) is 0. The third-order valence-corrected chi connectivity index (χ3v) is 1.81. The second-order valence-corrected chi connectivity index (χ2v) is 3.06. The summed E-state index contributed by atoms with van der Waals surface area (Å²) in [4.78, 5) is 13.8. The van der Waals surface area contributed by atoms with Gasteiger partial charge in [0.05, 0.1) is 16.7 Å². The Kier molecular flexibility index (Phi) is 2.46. The van der Waals surface area contributed by atoms with Crippen LogP contribution in [0.1, 0.15) is 10.5 Å². The van der Waals surface area contributed by atoms with Gasteiger partial charge in [0.25, 0.3) is 0 Å². The van der Waals surface area contributed by atoms with E-state index < -0.39 is 5.97 Å². The second-order valence-electron chi connectivity index (χ2n) is 1.77. The third kappa shape index (κ3) is 1.91. The first-order chi connectivity index (χ1) is 5.11. The van der Waals surface area contributed by atoms with E-state index in [1.165, 1.54) is 12.3 Å². The number of carboxylic acids is 1. The van der Waals surface area contributed by atoms with E-state index in [0.29, 0.717) is 9.50 Å². The van der Waals surface area contributed by atoms with Crippen LogP contribution in [0, 0.1) is 0 Å². The fraction of sp³-hybridized carbons (Fsp3) is 0. The van der Waals surface area contributed by atoms with Gasteiger partial charge in [0.15, 0.2) is 0 Å². The van der Waals surface area contributed by atoms with E-state index in [0.717, 1.165) is 0 Å². The number of aromatic nitrogens is 1. The van der Waals surface area contributed by atoms with Gasteiger partial charge in [-0.25, -0.2) is 0 Å². The molecule has 1 heterocycles. The number of carboxylic acid groups (broad SMARTS) is 1. The molecule has 0 atom stereocenters. The fourth-order valence-corrected chi connectivity index (χ4v) is 1.37. The lowest BCUT2D eigenvalue weighted by atomic mass is 10.4. The van der Waals surface area contributed by atoms with Crippen LogP contribution in [0.4, 0.5) is 0 Å². The number of halogens is 2. The average molecular weight is 235 g/mol. The molecule has 0 aromatic carbocycles. The van der Waals surface area contributed by atoms with Crippen LogP contribution in [-0.2, 0) is 0 Å². The van der Waals surface area contributed by atoms with Crippen molar-refractivity contribution in [3.8, 4) is 0 Å². The monoisotopic (exact) mass is 234 g/mol. The van der Waals surface area contributed by atoms with E-state index in [4.69, 9.17) is 11.6 Å². The Hall–Kier alpha value is -0.610. The molecule has 1 aromatic rings. The number of carbonyl (C=O) groups excluding carboxylic acids is 1. The Bertz CT molecular complexity index is 303. The lowest BCUT2D eigenvalue weighted by molar-refractivity contribution is -0.255. The molecule has 0 N–H and O–H groups in total. The highest BCUT2D eigenvalue weighted by atomic mass is 79.9. The van der Waals surface area contributed by atoms with Crippen molar-refractivity contribution in [2.24, 2.45) is 0 Å². The van der Waals surface area contributed by atoms with Crippen molar-refractivity contribution in [1.29, 1.82) is 0 Å². The highest BCUT2D eigenvalue weighted by molar-refractivity contribution is 9.10. The van der Waals surface area contributed by atoms with E-state index >= 15 is 0 Å². The maximum atomic E-state index is 10.3. The molecular weight excluding hydrogens is 233 g/mol. The number of aromatic carboxylic acids is 1. The molecule has 1 rings (SSSR count). The van der Waals surface area contributed by atoms with E-state index in [9.17, 15) is 9.90 Å². The number of hydrogen-bond donors (Lipinski definition) is 0. The van der Waals surface area contributed by atoms with Crippen molar-refractivity contribution in [3.05, 3.63) is 27.5 Å². The van der Waals surface area contributed by atoms with Crippen LogP contribution in [0.25, 0.3) is 0 Å². The van der Waals surface area contributed by atoms with Crippen LogP contribution >= 0.6 is 27.5 Å². The summed E-state index contributed by atoms with van der Waals surface area (Å²) in [5, 5.41) is 10.7. The van der Waals surface area contributed by atoms with Gasteiger partial charge in [-0.2, -0.15) is 0 Å². The molecule has 0 fully saturated rings. The number of pyridine rings is 1. The van der Waals surface area contributed by atoms with Gasteiger partial charge in [-0.3, -0.25) is 4.98 Å². The maximum absolute atomic E-state index is 10.3. The molecule has 0 aliphatic carbocycles. The molecule has 0 bridgehead atoms. The summed E-state index contributed by atoms with van der Waals surface area (Å²) in [5.41, 5.74) is -0.144. The number of rotatable bonds is 1. The van der Waals surface area contributed by atoms with Gasteiger partial charge >= 0.3 is 0 Å². The molecule has 0 spiro atoms. The van der Waals surface area contributed by atoms with E-state index in [1.807, 2.05) is 0 Å². The van der Waals surface area contributed by atoms with Crippen LogP contribution in [0.3, 0.4) is 0 Å². The van der Waals surface area contributed by atoms with E-state index in [2.05, 4.69) is 20.9 Å². The van der Waals surface area contributed by atoms with Crippen LogP contribution in [0.2, 0.25) is 5.02 Å². The first-order valence-corrected chi connectivity index (χ1v) is 3.81. The molecule has 0 unspecified atom stereocenters. The largest absolute Gasteiger partial charge is 0.543 e. The summed E-state index contributed by atoms with van der Waals surface area (Å²) >= 11 is 8.50. The molecule has 11 heavy (non-hydrogen) atoms. The summed E-state index contributed by atoms with van der Waals surface area (Å²) in [5.74, 6) is -1.33. The lowest BCUT2D eigenvalue weighted by Gasteiger charge is -2.02. The minimum Gasteiger partial charge on any atom is -0.543 e. The maximum Gasteiger partial charge on any atom is 0.0999 e. The molecule has 0 radical (unpaired) electrons. The van der Waals surface area contributed by atoms with E-state index in [1.54, 1.807) is 0 Å². The zero-order valence-electron chi connectivity index (χ0n) is 5.17. The van der Waals surface area contributed by atoms with Crippen molar-refractivity contribution in [1.82, 2.24) is 4.98 Å². The summed E-state index contributed by atoms with van der Waals surface area (Å²) in [6, 6.07) is 1.44. The van der Waals surface area contributed by atoms with Gasteiger partial charge in [-0.1, -0.05) is 11.6 Å². The Morgan fingerprint density at radius 1 is 1.73 bits per heavy atom. The third-order valence-electron chi connectivity index (χ3n) is 1.00. The fourth-order valence-electron chi connectivity index (χ4n) is 0.565. The Morgan fingerprint density at radius 3 is 2.82 bits per heavy atom. The Labute approximate surface area is 76.1 Å². The van der Waals surface area contributed by atoms with Gasteiger partial charge in [-0.15, -0.1) is 0 Å². The second kappa shape index (κ2) is 3.19. The molecule has 0 aliphatic rings. The number of carbonyl (C=O) groups is 1. The summed E-state index contributed by atoms with van der Waals surface area (Å²) in [7, 11) is 0. The summed E-state index contributed by atoms with van der Waals surface area (Å²) in [6.07, 6.45) is 1.25. The van der Waals surface area contributed by atoms with Crippen LogP contribution in [0.15, 0.2) is 16.7 Å². The molecule has 0 aliphatic heterocycles. The van der Waals surface area contributed by atoms with Gasteiger partial charge in [0.1, 0.15) is 0 Å². The Balaban J connectivity index is 3.20. The minimum atomic E-state index is -1.33. The van der Waals surface area contributed by atoms with Crippen molar-refractivity contribution < 1.29 is 9.90 Å². The first kappa shape index (κ1) is 8.49. The van der Waals surface area contributed by atoms with E-state index in [-0.39, 0.29) is 5.69 Å². The number of nitrogens with zero attached hydrogens (tertiary/aromatic N) is 1. The molecule has 0 saturated heterocycles. The number of hydrogen-bond acceptors (Lipinski definition) is 3. The minimum absolute atomic E-state index is 0.144. The molecule has 5 heteroatoms. The highest BCUT2D eigenvalue weighted by Crippen LogP contribution is 2.18.